The second kappa shape index (κ2) is 2.66. The number of rotatable bonds is 1. The van der Waals surface area contributed by atoms with E-state index in [-0.39, 0.29) is 0 Å². The molecule has 0 amide bonds. The van der Waals surface area contributed by atoms with Gasteiger partial charge in [-0.3, -0.25) is 4.99 Å². The molecule has 0 fully saturated rings. The zero-order chi connectivity index (χ0) is 7.68. The maximum absolute atomic E-state index is 4.35. The number of hydrogen-bond donors (Lipinski definition) is 1. The molecule has 0 radical (unpaired) electrons. The van der Waals surface area contributed by atoms with Gasteiger partial charge in [-0.15, -0.1) is 0 Å². The summed E-state index contributed by atoms with van der Waals surface area (Å²) < 4.78 is 0. The highest BCUT2D eigenvalue weighted by Crippen LogP contribution is 2.14. The number of amidine groups is 1. The average Bonchev–Trinajstić information content (AvgIpc) is 2.55. The molecule has 0 unspecified atom stereocenters. The molecule has 0 spiro atoms. The monoisotopic (exact) mass is 166 g/mol. The lowest BCUT2D eigenvalue weighted by molar-refractivity contribution is 0.960. The van der Waals surface area contributed by atoms with Crippen LogP contribution < -0.4 is 5.32 Å². The summed E-state index contributed by atoms with van der Waals surface area (Å²) in [5.41, 5.74) is 2.59. The van der Waals surface area contributed by atoms with Gasteiger partial charge in [0.1, 0.15) is 5.84 Å². The van der Waals surface area contributed by atoms with Crippen molar-refractivity contribution in [2.24, 2.45) is 4.99 Å². The second-order valence-electron chi connectivity index (χ2n) is 2.63. The minimum Gasteiger partial charge on any atom is -0.368 e. The summed E-state index contributed by atoms with van der Waals surface area (Å²) in [6.07, 6.45) is 0. The summed E-state index contributed by atoms with van der Waals surface area (Å²) in [5, 5.41) is 7.55. The van der Waals surface area contributed by atoms with Gasteiger partial charge in [0.2, 0.25) is 0 Å². The third-order valence-corrected chi connectivity index (χ3v) is 2.65. The Kier molecular flexibility index (Phi) is 1.66. The van der Waals surface area contributed by atoms with Crippen molar-refractivity contribution in [3.8, 4) is 0 Å². The molecule has 0 bridgehead atoms. The normalized spacial score (nSPS) is 16.3. The van der Waals surface area contributed by atoms with Gasteiger partial charge in [-0.25, -0.2) is 0 Å². The van der Waals surface area contributed by atoms with Crippen molar-refractivity contribution in [3.63, 3.8) is 0 Å². The van der Waals surface area contributed by atoms with Crippen LogP contribution in [0.15, 0.2) is 15.8 Å². The van der Waals surface area contributed by atoms with Crippen LogP contribution in [0.25, 0.3) is 0 Å². The lowest BCUT2D eigenvalue weighted by atomic mass is 10.2. The number of nitrogens with zero attached hydrogens (tertiary/aromatic N) is 1. The summed E-state index contributed by atoms with van der Waals surface area (Å²) in [7, 11) is 0. The van der Waals surface area contributed by atoms with E-state index in [2.05, 4.69) is 28.0 Å². The molecule has 58 valence electrons. The summed E-state index contributed by atoms with van der Waals surface area (Å²) in [6.45, 7) is 4.03. The minimum absolute atomic E-state index is 0.921. The van der Waals surface area contributed by atoms with Crippen molar-refractivity contribution < 1.29 is 0 Å². The molecule has 0 atom stereocenters. The van der Waals surface area contributed by atoms with Crippen LogP contribution in [0.4, 0.5) is 0 Å². The summed E-state index contributed by atoms with van der Waals surface area (Å²) in [5.74, 6) is 1.07. The minimum atomic E-state index is 0.921. The maximum atomic E-state index is 4.35. The molecular weight excluding hydrogens is 156 g/mol. The third-order valence-electron chi connectivity index (χ3n) is 1.78. The number of hydrogen-bond acceptors (Lipinski definition) is 3. The number of aliphatic imine (C=N–C) groups is 1. The van der Waals surface area contributed by atoms with Gasteiger partial charge in [-0.2, -0.15) is 11.3 Å². The fraction of sp³-hybridized carbons (Fsp3) is 0.375. The van der Waals surface area contributed by atoms with E-state index in [0.717, 1.165) is 18.9 Å². The Bertz CT molecular complexity index is 288. The Balaban J connectivity index is 2.35. The van der Waals surface area contributed by atoms with Crippen LogP contribution in [-0.4, -0.2) is 18.9 Å². The average molecular weight is 166 g/mol. The van der Waals surface area contributed by atoms with E-state index >= 15 is 0 Å². The van der Waals surface area contributed by atoms with Crippen LogP contribution in [0.3, 0.4) is 0 Å². The quantitative estimate of drug-likeness (QED) is 0.670. The van der Waals surface area contributed by atoms with Gasteiger partial charge in [0.25, 0.3) is 0 Å². The standard InChI is InChI=1S/C8H10N2S/c1-6-4-11-5-7(6)8-9-2-3-10-8/h4-5H,2-3H2,1H3,(H,9,10). The molecule has 0 saturated heterocycles. The van der Waals surface area contributed by atoms with Gasteiger partial charge in [-0.05, 0) is 17.9 Å². The van der Waals surface area contributed by atoms with Gasteiger partial charge in [0.05, 0.1) is 6.54 Å². The van der Waals surface area contributed by atoms with E-state index in [9.17, 15) is 0 Å². The van der Waals surface area contributed by atoms with Crippen LogP contribution in [0.1, 0.15) is 11.1 Å². The lowest BCUT2D eigenvalue weighted by Crippen LogP contribution is -2.19. The van der Waals surface area contributed by atoms with E-state index in [0.29, 0.717) is 0 Å². The smallest absolute Gasteiger partial charge is 0.129 e. The topological polar surface area (TPSA) is 24.4 Å². The van der Waals surface area contributed by atoms with Crippen molar-refractivity contribution in [3.05, 3.63) is 21.9 Å². The first-order valence-corrected chi connectivity index (χ1v) is 4.63. The molecule has 1 aliphatic rings. The van der Waals surface area contributed by atoms with E-state index in [1.54, 1.807) is 11.3 Å². The molecule has 11 heavy (non-hydrogen) atoms. The Hall–Kier alpha value is -0.830. The summed E-state index contributed by atoms with van der Waals surface area (Å²) >= 11 is 1.73. The molecule has 0 saturated carbocycles. The van der Waals surface area contributed by atoms with Crippen molar-refractivity contribution in [1.29, 1.82) is 0 Å². The summed E-state index contributed by atoms with van der Waals surface area (Å²) in [4.78, 5) is 4.35. The number of nitrogens with one attached hydrogen (secondary N) is 1. The van der Waals surface area contributed by atoms with E-state index in [1.165, 1.54) is 11.1 Å². The highest BCUT2D eigenvalue weighted by Gasteiger charge is 2.10. The van der Waals surface area contributed by atoms with E-state index < -0.39 is 0 Å². The van der Waals surface area contributed by atoms with E-state index in [4.69, 9.17) is 0 Å². The zero-order valence-electron chi connectivity index (χ0n) is 6.42. The molecule has 2 nitrogen and oxygen atoms in total. The molecular formula is C8H10N2S. The molecule has 2 rings (SSSR count). The second-order valence-corrected chi connectivity index (χ2v) is 3.37. The first-order valence-electron chi connectivity index (χ1n) is 3.69. The van der Waals surface area contributed by atoms with Gasteiger partial charge < -0.3 is 5.32 Å². The Morgan fingerprint density at radius 1 is 1.55 bits per heavy atom. The SMILES string of the molecule is Cc1cscc1C1=NCCN1. The van der Waals surface area contributed by atoms with Crippen molar-refractivity contribution in [2.45, 2.75) is 6.92 Å². The molecule has 1 N–H and O–H groups in total. The first-order chi connectivity index (χ1) is 5.38. The highest BCUT2D eigenvalue weighted by atomic mass is 32.1. The third kappa shape index (κ3) is 1.16. The maximum Gasteiger partial charge on any atom is 0.129 e. The molecule has 1 aromatic rings. The van der Waals surface area contributed by atoms with Crippen LogP contribution in [0.5, 0.6) is 0 Å². The fourth-order valence-electron chi connectivity index (χ4n) is 1.18. The summed E-state index contributed by atoms with van der Waals surface area (Å²) in [6, 6.07) is 0. The van der Waals surface area contributed by atoms with E-state index in [1.807, 2.05) is 0 Å². The predicted octanol–water partition coefficient (Wildman–Crippen LogP) is 1.41. The first kappa shape index (κ1) is 6.85. The Labute approximate surface area is 70.0 Å². The van der Waals surface area contributed by atoms with Crippen molar-refractivity contribution >= 4 is 17.2 Å². The molecule has 0 aliphatic carbocycles. The largest absolute Gasteiger partial charge is 0.368 e. The van der Waals surface area contributed by atoms with Crippen LogP contribution >= 0.6 is 11.3 Å². The molecule has 1 aromatic heterocycles. The number of aryl methyl sites for hydroxylation is 1. The van der Waals surface area contributed by atoms with Crippen molar-refractivity contribution in [2.75, 3.05) is 13.1 Å². The molecule has 2 heterocycles. The van der Waals surface area contributed by atoms with Gasteiger partial charge >= 0.3 is 0 Å². The fourth-order valence-corrected chi connectivity index (χ4v) is 2.01. The Morgan fingerprint density at radius 3 is 3.00 bits per heavy atom. The van der Waals surface area contributed by atoms with Crippen LogP contribution in [0.2, 0.25) is 0 Å². The molecule has 1 aliphatic heterocycles. The van der Waals surface area contributed by atoms with Gasteiger partial charge in [0, 0.05) is 17.5 Å². The van der Waals surface area contributed by atoms with Crippen LogP contribution in [0, 0.1) is 6.92 Å². The van der Waals surface area contributed by atoms with Crippen LogP contribution in [-0.2, 0) is 0 Å². The molecule has 0 aromatic carbocycles. The van der Waals surface area contributed by atoms with Gasteiger partial charge in [0.15, 0.2) is 0 Å². The lowest BCUT2D eigenvalue weighted by Gasteiger charge is -1.99. The zero-order valence-corrected chi connectivity index (χ0v) is 7.24. The molecule has 3 heteroatoms. The Morgan fingerprint density at radius 2 is 2.45 bits per heavy atom. The van der Waals surface area contributed by atoms with Crippen molar-refractivity contribution in [1.82, 2.24) is 5.32 Å². The van der Waals surface area contributed by atoms with Gasteiger partial charge in [-0.1, -0.05) is 0 Å². The number of thiophene rings is 1. The highest BCUT2D eigenvalue weighted by molar-refractivity contribution is 7.08. The predicted molar refractivity (Wildman–Crippen MR) is 48.5 cm³/mol.